The molecular formula is C13H14N2O3. The summed E-state index contributed by atoms with van der Waals surface area (Å²) in [5.74, 6) is -0.156. The number of benzene rings is 1. The summed E-state index contributed by atoms with van der Waals surface area (Å²) in [4.78, 5) is 13.7. The van der Waals surface area contributed by atoms with Gasteiger partial charge in [0, 0.05) is 25.3 Å². The molecular weight excluding hydrogens is 232 g/mol. The van der Waals surface area contributed by atoms with E-state index in [0.29, 0.717) is 5.56 Å². The van der Waals surface area contributed by atoms with Gasteiger partial charge in [0.05, 0.1) is 12.6 Å². The fourth-order valence-electron chi connectivity index (χ4n) is 2.10. The molecule has 0 radical (unpaired) electrons. The average molecular weight is 246 g/mol. The van der Waals surface area contributed by atoms with Crippen LogP contribution in [0, 0.1) is 11.3 Å². The summed E-state index contributed by atoms with van der Waals surface area (Å²) in [7, 11) is 3.01. The van der Waals surface area contributed by atoms with Gasteiger partial charge in [-0.2, -0.15) is 5.26 Å². The number of rotatable bonds is 4. The van der Waals surface area contributed by atoms with E-state index >= 15 is 0 Å². The molecule has 0 saturated carbocycles. The first-order valence-corrected chi connectivity index (χ1v) is 5.58. The predicted molar refractivity (Wildman–Crippen MR) is 63.6 cm³/mol. The van der Waals surface area contributed by atoms with Crippen LogP contribution in [0.1, 0.15) is 22.0 Å². The van der Waals surface area contributed by atoms with Gasteiger partial charge in [0.25, 0.3) is 5.91 Å². The van der Waals surface area contributed by atoms with E-state index in [0.717, 1.165) is 5.56 Å². The summed E-state index contributed by atoms with van der Waals surface area (Å²) in [5.41, 5.74) is 1.32. The molecule has 0 fully saturated rings. The monoisotopic (exact) mass is 246 g/mol. The molecule has 0 bridgehead atoms. The highest BCUT2D eigenvalue weighted by atomic mass is 16.7. The fraction of sp³-hybridized carbons (Fsp3) is 0.385. The first-order chi connectivity index (χ1) is 8.72. The Hall–Kier alpha value is -1.90. The quantitative estimate of drug-likeness (QED) is 0.752. The van der Waals surface area contributed by atoms with Gasteiger partial charge in [-0.15, -0.1) is 0 Å². The second kappa shape index (κ2) is 5.17. The minimum atomic E-state index is -0.568. The van der Waals surface area contributed by atoms with Crippen molar-refractivity contribution < 1.29 is 14.3 Å². The lowest BCUT2D eigenvalue weighted by atomic mass is 10.1. The van der Waals surface area contributed by atoms with E-state index in [-0.39, 0.29) is 12.5 Å². The lowest BCUT2D eigenvalue weighted by Crippen LogP contribution is -2.36. The molecule has 1 aromatic rings. The summed E-state index contributed by atoms with van der Waals surface area (Å²) in [6.45, 7) is 0.235. The number of ether oxygens (including phenoxy) is 2. The third kappa shape index (κ3) is 1.96. The predicted octanol–water partition coefficient (Wildman–Crippen LogP) is 1.33. The second-order valence-electron chi connectivity index (χ2n) is 3.98. The zero-order valence-electron chi connectivity index (χ0n) is 10.3. The molecule has 94 valence electrons. The van der Waals surface area contributed by atoms with Gasteiger partial charge in [-0.05, 0) is 6.07 Å². The molecule has 1 heterocycles. The first kappa shape index (κ1) is 12.6. The summed E-state index contributed by atoms with van der Waals surface area (Å²) in [6, 6.07) is 8.73. The van der Waals surface area contributed by atoms with Crippen molar-refractivity contribution in [2.24, 2.45) is 0 Å². The van der Waals surface area contributed by atoms with Crippen LogP contribution in [0.2, 0.25) is 0 Å². The lowest BCUT2D eigenvalue weighted by Gasteiger charge is -2.24. The number of nitriles is 1. The number of carbonyl (C=O) groups is 1. The van der Waals surface area contributed by atoms with Crippen LogP contribution in [-0.4, -0.2) is 37.9 Å². The highest BCUT2D eigenvalue weighted by Gasteiger charge is 2.37. The van der Waals surface area contributed by atoms with E-state index < -0.39 is 12.3 Å². The first-order valence-electron chi connectivity index (χ1n) is 5.58. The maximum Gasteiger partial charge on any atom is 0.255 e. The largest absolute Gasteiger partial charge is 0.354 e. The van der Waals surface area contributed by atoms with Gasteiger partial charge in [0.15, 0.2) is 6.29 Å². The number of amides is 1. The molecule has 0 aliphatic carbocycles. The van der Waals surface area contributed by atoms with Crippen molar-refractivity contribution in [3.63, 3.8) is 0 Å². The van der Waals surface area contributed by atoms with Gasteiger partial charge in [-0.3, -0.25) is 4.79 Å². The average Bonchev–Trinajstić information content (AvgIpc) is 2.69. The molecule has 0 spiro atoms. The molecule has 0 aromatic heterocycles. The van der Waals surface area contributed by atoms with Crippen LogP contribution in [0.25, 0.3) is 0 Å². The fourth-order valence-corrected chi connectivity index (χ4v) is 2.10. The highest BCUT2D eigenvalue weighted by molar-refractivity contribution is 5.99. The van der Waals surface area contributed by atoms with Crippen LogP contribution in [0.3, 0.4) is 0 Å². The molecule has 1 unspecified atom stereocenters. The molecule has 1 aliphatic rings. The normalized spacial score (nSPS) is 18.0. The molecule has 0 saturated heterocycles. The van der Waals surface area contributed by atoms with E-state index in [9.17, 15) is 10.1 Å². The van der Waals surface area contributed by atoms with E-state index in [1.807, 2.05) is 6.07 Å². The third-order valence-electron chi connectivity index (χ3n) is 3.05. The van der Waals surface area contributed by atoms with Gasteiger partial charge in [-0.25, -0.2) is 0 Å². The number of hydrogen-bond acceptors (Lipinski definition) is 4. The lowest BCUT2D eigenvalue weighted by molar-refractivity contribution is -0.113. The Labute approximate surface area is 106 Å². The van der Waals surface area contributed by atoms with Crippen LogP contribution < -0.4 is 0 Å². The van der Waals surface area contributed by atoms with Crippen molar-refractivity contribution in [1.29, 1.82) is 5.26 Å². The molecule has 18 heavy (non-hydrogen) atoms. The van der Waals surface area contributed by atoms with Crippen molar-refractivity contribution in [3.8, 4) is 6.07 Å². The zero-order valence-corrected chi connectivity index (χ0v) is 10.3. The van der Waals surface area contributed by atoms with Crippen LogP contribution in [0.15, 0.2) is 24.3 Å². The summed E-state index contributed by atoms with van der Waals surface area (Å²) in [5, 5.41) is 9.23. The van der Waals surface area contributed by atoms with Crippen molar-refractivity contribution >= 4 is 5.91 Å². The van der Waals surface area contributed by atoms with Crippen molar-refractivity contribution in [2.75, 3.05) is 20.8 Å². The summed E-state index contributed by atoms with van der Waals surface area (Å²) >= 11 is 0. The van der Waals surface area contributed by atoms with Gasteiger partial charge in [0.1, 0.15) is 6.04 Å². The van der Waals surface area contributed by atoms with Crippen LogP contribution in [0.4, 0.5) is 0 Å². The van der Waals surface area contributed by atoms with Crippen LogP contribution in [-0.2, 0) is 9.47 Å². The highest BCUT2D eigenvalue weighted by Crippen LogP contribution is 2.32. The molecule has 0 N–H and O–H groups in total. The molecule has 5 nitrogen and oxygen atoms in total. The Kier molecular flexibility index (Phi) is 3.60. The van der Waals surface area contributed by atoms with Crippen LogP contribution in [0.5, 0.6) is 0 Å². The number of fused-ring (bicyclic) bond motifs is 1. The molecule has 1 aliphatic heterocycles. The SMILES string of the molecule is COC(CN1C(=O)c2ccccc2C1C#N)OC. The third-order valence-corrected chi connectivity index (χ3v) is 3.05. The minimum Gasteiger partial charge on any atom is -0.354 e. The number of carbonyl (C=O) groups excluding carboxylic acids is 1. The molecule has 2 rings (SSSR count). The summed E-state index contributed by atoms with van der Waals surface area (Å²) in [6.07, 6.45) is -0.529. The van der Waals surface area contributed by atoms with E-state index in [2.05, 4.69) is 6.07 Å². The van der Waals surface area contributed by atoms with Gasteiger partial charge in [0.2, 0.25) is 0 Å². The Morgan fingerprint density at radius 2 is 2.06 bits per heavy atom. The van der Waals surface area contributed by atoms with Gasteiger partial charge >= 0.3 is 0 Å². The molecule has 1 atom stereocenters. The standard InChI is InChI=1S/C13H14N2O3/c1-17-12(18-2)8-15-11(7-14)9-5-3-4-6-10(9)13(15)16/h3-6,11-12H,8H2,1-2H3. The van der Waals surface area contributed by atoms with E-state index in [1.54, 1.807) is 18.2 Å². The second-order valence-corrected chi connectivity index (χ2v) is 3.98. The molecule has 5 heteroatoms. The Morgan fingerprint density at radius 3 is 2.67 bits per heavy atom. The van der Waals surface area contributed by atoms with Crippen molar-refractivity contribution in [3.05, 3.63) is 35.4 Å². The van der Waals surface area contributed by atoms with E-state index in [4.69, 9.17) is 9.47 Å². The maximum absolute atomic E-state index is 12.2. The number of nitrogens with zero attached hydrogens (tertiary/aromatic N) is 2. The number of methoxy groups -OCH3 is 2. The topological polar surface area (TPSA) is 62.6 Å². The van der Waals surface area contributed by atoms with Gasteiger partial charge < -0.3 is 14.4 Å². The van der Waals surface area contributed by atoms with Crippen LogP contribution >= 0.6 is 0 Å². The minimum absolute atomic E-state index is 0.156. The molecule has 1 amide bonds. The maximum atomic E-state index is 12.2. The Balaban J connectivity index is 2.29. The Bertz CT molecular complexity index is 491. The zero-order chi connectivity index (χ0) is 13.1. The molecule has 1 aromatic carbocycles. The van der Waals surface area contributed by atoms with E-state index in [1.165, 1.54) is 19.1 Å². The smallest absolute Gasteiger partial charge is 0.255 e. The van der Waals surface area contributed by atoms with Crippen molar-refractivity contribution in [2.45, 2.75) is 12.3 Å². The summed E-state index contributed by atoms with van der Waals surface area (Å²) < 4.78 is 10.2. The van der Waals surface area contributed by atoms with Crippen molar-refractivity contribution in [1.82, 2.24) is 4.90 Å². The van der Waals surface area contributed by atoms with Gasteiger partial charge in [-0.1, -0.05) is 18.2 Å². The Morgan fingerprint density at radius 1 is 1.39 bits per heavy atom. The number of hydrogen-bond donors (Lipinski definition) is 0.